The number of fused-ring (bicyclic) bond motifs is 5. The monoisotopic (exact) mass is 458 g/mol. The molecule has 1 aromatic rings. The van der Waals surface area contributed by atoms with Gasteiger partial charge in [0.15, 0.2) is 0 Å². The van der Waals surface area contributed by atoms with Gasteiger partial charge in [-0.15, -0.1) is 0 Å². The fraction of sp³-hybridized carbons (Fsp3) is 0.731. The minimum atomic E-state index is -3.64. The Morgan fingerprint density at radius 3 is 2.50 bits per heavy atom. The predicted octanol–water partition coefficient (Wildman–Crippen LogP) is 5.03. The van der Waals surface area contributed by atoms with E-state index in [-0.39, 0.29) is 16.4 Å². The van der Waals surface area contributed by atoms with Gasteiger partial charge in [-0.3, -0.25) is 0 Å². The number of rotatable bonds is 3. The van der Waals surface area contributed by atoms with E-state index < -0.39 is 10.0 Å². The number of hydrogen-bond donors (Lipinski definition) is 2. The summed E-state index contributed by atoms with van der Waals surface area (Å²) in [6.45, 7) is 6.78. The number of aliphatic hydroxyl groups excluding tert-OH is 1. The second kappa shape index (κ2) is 7.83. The van der Waals surface area contributed by atoms with Crippen LogP contribution >= 0.6 is 0 Å². The third-order valence-electron chi connectivity index (χ3n) is 10.0. The molecule has 32 heavy (non-hydrogen) atoms. The van der Waals surface area contributed by atoms with Crippen molar-refractivity contribution in [3.63, 3.8) is 0 Å². The van der Waals surface area contributed by atoms with Crippen LogP contribution in [-0.4, -0.2) is 25.3 Å². The van der Waals surface area contributed by atoms with Crippen molar-refractivity contribution >= 4 is 15.7 Å². The summed E-state index contributed by atoms with van der Waals surface area (Å²) in [5.41, 5.74) is 2.43. The summed E-state index contributed by atoms with van der Waals surface area (Å²) in [5.74, 6) is 2.68. The molecule has 0 bridgehead atoms. The minimum Gasteiger partial charge on any atom is -0.393 e. The molecule has 5 nitrogen and oxygen atoms in total. The second-order valence-corrected chi connectivity index (χ2v) is 13.2. The molecule has 6 heteroatoms. The van der Waals surface area contributed by atoms with Crippen molar-refractivity contribution in [2.24, 2.45) is 39.6 Å². The number of nitrogens with zero attached hydrogens (tertiary/aromatic N) is 1. The van der Waals surface area contributed by atoms with E-state index in [0.717, 1.165) is 55.7 Å². The minimum absolute atomic E-state index is 0.00562. The molecule has 0 heterocycles. The van der Waals surface area contributed by atoms with Crippen LogP contribution in [0, 0.1) is 41.4 Å². The standard InChI is InChI=1S/C26H38N2O3S/c1-17-4-7-20(8-5-17)32(30,31)28-27-24-11-10-22-21-9-6-18-16-19(29)12-14-25(18,2)23(21)13-15-26(22,24)3/h4-5,7-8,18-19,21-23,28-29H,6,9-16H2,1-3H3/b27-24+/t18-,19?,21?,22?,23?,25-,26-/m0/s1. The van der Waals surface area contributed by atoms with Crippen LogP contribution in [0.25, 0.3) is 0 Å². The van der Waals surface area contributed by atoms with Crippen molar-refractivity contribution in [2.45, 2.75) is 89.6 Å². The van der Waals surface area contributed by atoms with Crippen LogP contribution in [0.15, 0.2) is 34.3 Å². The molecule has 0 amide bonds. The van der Waals surface area contributed by atoms with Gasteiger partial charge in [0.1, 0.15) is 0 Å². The molecule has 0 saturated heterocycles. The lowest BCUT2D eigenvalue weighted by molar-refractivity contribution is -0.113. The third-order valence-corrected chi connectivity index (χ3v) is 11.2. The van der Waals surface area contributed by atoms with E-state index in [1.54, 1.807) is 12.1 Å². The summed E-state index contributed by atoms with van der Waals surface area (Å²) in [6.07, 6.45) is 9.76. The highest BCUT2D eigenvalue weighted by Crippen LogP contribution is 2.65. The highest BCUT2D eigenvalue weighted by Gasteiger charge is 2.59. The molecule has 4 unspecified atom stereocenters. The highest BCUT2D eigenvalue weighted by atomic mass is 32.2. The zero-order valence-corrected chi connectivity index (χ0v) is 20.5. The Bertz CT molecular complexity index is 1000. The smallest absolute Gasteiger partial charge is 0.276 e. The van der Waals surface area contributed by atoms with Crippen LogP contribution in [0.3, 0.4) is 0 Å². The van der Waals surface area contributed by atoms with Gasteiger partial charge in [-0.2, -0.15) is 13.5 Å². The average molecular weight is 459 g/mol. The van der Waals surface area contributed by atoms with E-state index in [2.05, 4.69) is 23.8 Å². The molecule has 7 atom stereocenters. The maximum Gasteiger partial charge on any atom is 0.276 e. The van der Waals surface area contributed by atoms with Crippen LogP contribution in [0.2, 0.25) is 0 Å². The molecule has 5 rings (SSSR count). The van der Waals surface area contributed by atoms with Crippen LogP contribution in [0.4, 0.5) is 0 Å². The van der Waals surface area contributed by atoms with Crippen LogP contribution in [0.1, 0.15) is 77.2 Å². The topological polar surface area (TPSA) is 78.8 Å². The van der Waals surface area contributed by atoms with Gasteiger partial charge >= 0.3 is 0 Å². The lowest BCUT2D eigenvalue weighted by Crippen LogP contribution is -2.54. The molecular weight excluding hydrogens is 420 g/mol. The Hall–Kier alpha value is -1.40. The number of aryl methyl sites for hydroxylation is 1. The largest absolute Gasteiger partial charge is 0.393 e. The fourth-order valence-electron chi connectivity index (χ4n) is 8.09. The first-order chi connectivity index (χ1) is 15.1. The number of nitrogens with one attached hydrogen (secondary N) is 1. The molecule has 4 fully saturated rings. The Morgan fingerprint density at radius 1 is 1.00 bits per heavy atom. The molecule has 1 aromatic carbocycles. The first-order valence-electron chi connectivity index (χ1n) is 12.5. The zero-order valence-electron chi connectivity index (χ0n) is 19.7. The molecule has 0 radical (unpaired) electrons. The SMILES string of the molecule is Cc1ccc(S(=O)(=O)N/N=C2\CCC3C4CC[C@H]5CC(O)CC[C@]5(C)C4CC[C@]23C)cc1. The van der Waals surface area contributed by atoms with E-state index in [4.69, 9.17) is 0 Å². The maximum absolute atomic E-state index is 12.8. The third kappa shape index (κ3) is 3.53. The summed E-state index contributed by atoms with van der Waals surface area (Å²) in [7, 11) is -3.64. The van der Waals surface area contributed by atoms with Crippen molar-refractivity contribution in [1.29, 1.82) is 0 Å². The lowest BCUT2D eigenvalue weighted by Gasteiger charge is -2.60. The van der Waals surface area contributed by atoms with E-state index in [1.165, 1.54) is 19.3 Å². The number of hydrogen-bond acceptors (Lipinski definition) is 4. The molecule has 0 spiro atoms. The van der Waals surface area contributed by atoms with E-state index >= 15 is 0 Å². The Labute approximate surface area is 193 Å². The van der Waals surface area contributed by atoms with Crippen LogP contribution < -0.4 is 4.83 Å². The first-order valence-corrected chi connectivity index (χ1v) is 14.0. The van der Waals surface area contributed by atoms with Gasteiger partial charge in [0, 0.05) is 11.1 Å². The molecule has 0 aromatic heterocycles. The summed E-state index contributed by atoms with van der Waals surface area (Å²) in [6, 6.07) is 6.92. The lowest BCUT2D eigenvalue weighted by atomic mass is 9.45. The van der Waals surface area contributed by atoms with Crippen molar-refractivity contribution < 1.29 is 13.5 Å². The van der Waals surface area contributed by atoms with Crippen molar-refractivity contribution in [2.75, 3.05) is 0 Å². The quantitative estimate of drug-likeness (QED) is 0.623. The number of hydrazone groups is 1. The molecule has 176 valence electrons. The van der Waals surface area contributed by atoms with Crippen molar-refractivity contribution in [1.82, 2.24) is 4.83 Å². The molecule has 4 aliphatic carbocycles. The van der Waals surface area contributed by atoms with Gasteiger partial charge < -0.3 is 5.11 Å². The summed E-state index contributed by atoms with van der Waals surface area (Å²) < 4.78 is 25.6. The van der Waals surface area contributed by atoms with Crippen molar-refractivity contribution in [3.8, 4) is 0 Å². The molecular formula is C26H38N2O3S. The van der Waals surface area contributed by atoms with E-state index in [9.17, 15) is 13.5 Å². The van der Waals surface area contributed by atoms with Gasteiger partial charge in [-0.1, -0.05) is 31.5 Å². The van der Waals surface area contributed by atoms with Gasteiger partial charge in [0.05, 0.1) is 11.0 Å². The number of benzene rings is 1. The Morgan fingerprint density at radius 2 is 1.75 bits per heavy atom. The fourth-order valence-corrected chi connectivity index (χ4v) is 8.92. The molecule has 2 N–H and O–H groups in total. The summed E-state index contributed by atoms with van der Waals surface area (Å²) in [4.78, 5) is 2.82. The number of sulfonamides is 1. The van der Waals surface area contributed by atoms with Crippen LogP contribution in [-0.2, 0) is 10.0 Å². The Balaban J connectivity index is 1.35. The predicted molar refractivity (Wildman–Crippen MR) is 127 cm³/mol. The van der Waals surface area contributed by atoms with Gasteiger partial charge in [-0.05, 0) is 106 Å². The van der Waals surface area contributed by atoms with Crippen LogP contribution in [0.5, 0.6) is 0 Å². The molecule has 0 aliphatic heterocycles. The average Bonchev–Trinajstić information content (AvgIpc) is 3.09. The maximum atomic E-state index is 12.8. The molecule has 4 saturated carbocycles. The zero-order chi connectivity index (χ0) is 22.7. The van der Waals surface area contributed by atoms with Crippen molar-refractivity contribution in [3.05, 3.63) is 29.8 Å². The van der Waals surface area contributed by atoms with E-state index in [0.29, 0.717) is 23.2 Å². The second-order valence-electron chi connectivity index (χ2n) is 11.5. The summed E-state index contributed by atoms with van der Waals surface area (Å²) >= 11 is 0. The van der Waals surface area contributed by atoms with E-state index in [1.807, 2.05) is 19.1 Å². The number of aliphatic hydroxyl groups is 1. The molecule has 4 aliphatic rings. The summed E-state index contributed by atoms with van der Waals surface area (Å²) in [5, 5.41) is 14.8. The highest BCUT2D eigenvalue weighted by molar-refractivity contribution is 7.89. The van der Waals surface area contributed by atoms with Gasteiger partial charge in [0.2, 0.25) is 0 Å². The van der Waals surface area contributed by atoms with Gasteiger partial charge in [-0.25, -0.2) is 4.83 Å². The van der Waals surface area contributed by atoms with Gasteiger partial charge in [0.25, 0.3) is 10.0 Å². The normalized spacial score (nSPS) is 42.8. The first kappa shape index (κ1) is 22.4. The Kier molecular flexibility index (Phi) is 5.48.